The molecule has 102 valence electrons. The molecular formula is C14H22ClNO2. The third kappa shape index (κ3) is 4.75. The number of ether oxygens (including phenoxy) is 1. The third-order valence-electron chi connectivity index (χ3n) is 2.59. The highest BCUT2D eigenvalue weighted by Gasteiger charge is 2.17. The SMILES string of the molecule is CCCOc1ccc(Cl)cc1NCC(C)(C)CO. The summed E-state index contributed by atoms with van der Waals surface area (Å²) in [5, 5.41) is 13.2. The van der Waals surface area contributed by atoms with Gasteiger partial charge in [-0.3, -0.25) is 0 Å². The molecule has 0 fully saturated rings. The monoisotopic (exact) mass is 271 g/mol. The quantitative estimate of drug-likeness (QED) is 0.797. The highest BCUT2D eigenvalue weighted by atomic mass is 35.5. The van der Waals surface area contributed by atoms with Crippen LogP contribution in [0.3, 0.4) is 0 Å². The van der Waals surface area contributed by atoms with Crippen LogP contribution in [-0.4, -0.2) is 24.9 Å². The van der Waals surface area contributed by atoms with E-state index in [0.717, 1.165) is 17.9 Å². The lowest BCUT2D eigenvalue weighted by molar-refractivity contribution is 0.170. The number of hydrogen-bond donors (Lipinski definition) is 2. The zero-order valence-electron chi connectivity index (χ0n) is 11.3. The number of aliphatic hydroxyl groups is 1. The molecule has 0 aliphatic heterocycles. The van der Waals surface area contributed by atoms with Crippen molar-refractivity contribution in [1.82, 2.24) is 0 Å². The number of aliphatic hydroxyl groups excluding tert-OH is 1. The maximum absolute atomic E-state index is 9.24. The fourth-order valence-electron chi connectivity index (χ4n) is 1.37. The molecule has 0 aliphatic rings. The highest BCUT2D eigenvalue weighted by Crippen LogP contribution is 2.29. The maximum Gasteiger partial charge on any atom is 0.142 e. The standard InChI is InChI=1S/C14H22ClNO2/c1-4-7-18-13-6-5-11(15)8-12(13)16-9-14(2,3)10-17/h5-6,8,16-17H,4,7,9-10H2,1-3H3. The summed E-state index contributed by atoms with van der Waals surface area (Å²) in [6.07, 6.45) is 0.962. The molecule has 18 heavy (non-hydrogen) atoms. The first-order valence-electron chi connectivity index (χ1n) is 6.25. The lowest BCUT2D eigenvalue weighted by Gasteiger charge is -2.23. The minimum Gasteiger partial charge on any atom is -0.491 e. The van der Waals surface area contributed by atoms with Crippen molar-refractivity contribution in [3.8, 4) is 5.75 Å². The normalized spacial score (nSPS) is 11.4. The summed E-state index contributed by atoms with van der Waals surface area (Å²) < 4.78 is 5.66. The van der Waals surface area contributed by atoms with Crippen molar-refractivity contribution in [2.24, 2.45) is 5.41 Å². The molecule has 0 saturated carbocycles. The predicted molar refractivity (Wildman–Crippen MR) is 76.6 cm³/mol. The predicted octanol–water partition coefficient (Wildman–Crippen LogP) is 3.56. The molecule has 1 aromatic rings. The minimum absolute atomic E-state index is 0.131. The summed E-state index contributed by atoms with van der Waals surface area (Å²) >= 11 is 5.99. The Balaban J connectivity index is 2.75. The van der Waals surface area contributed by atoms with Gasteiger partial charge in [-0.05, 0) is 24.6 Å². The molecule has 0 saturated heterocycles. The molecule has 2 N–H and O–H groups in total. The zero-order valence-corrected chi connectivity index (χ0v) is 12.0. The second-order valence-electron chi connectivity index (χ2n) is 5.16. The van der Waals surface area contributed by atoms with E-state index in [-0.39, 0.29) is 12.0 Å². The molecule has 0 aromatic heterocycles. The van der Waals surface area contributed by atoms with E-state index in [1.54, 1.807) is 0 Å². The van der Waals surface area contributed by atoms with Gasteiger partial charge in [0.1, 0.15) is 5.75 Å². The smallest absolute Gasteiger partial charge is 0.142 e. The Hall–Kier alpha value is -0.930. The lowest BCUT2D eigenvalue weighted by atomic mass is 9.95. The van der Waals surface area contributed by atoms with Crippen LogP contribution in [0.5, 0.6) is 5.75 Å². The van der Waals surface area contributed by atoms with Gasteiger partial charge in [-0.1, -0.05) is 32.4 Å². The Morgan fingerprint density at radius 1 is 1.39 bits per heavy atom. The van der Waals surface area contributed by atoms with Gasteiger partial charge in [-0.15, -0.1) is 0 Å². The van der Waals surface area contributed by atoms with Crippen LogP contribution in [0.1, 0.15) is 27.2 Å². The fourth-order valence-corrected chi connectivity index (χ4v) is 1.54. The van der Waals surface area contributed by atoms with Gasteiger partial charge in [0.25, 0.3) is 0 Å². The van der Waals surface area contributed by atoms with Crippen molar-refractivity contribution in [2.75, 3.05) is 25.1 Å². The number of nitrogens with one attached hydrogen (secondary N) is 1. The van der Waals surface area contributed by atoms with E-state index in [9.17, 15) is 5.11 Å². The Kier molecular flexibility index (Phi) is 5.76. The van der Waals surface area contributed by atoms with Crippen LogP contribution in [0.25, 0.3) is 0 Å². The van der Waals surface area contributed by atoms with Crippen LogP contribution in [-0.2, 0) is 0 Å². The van der Waals surface area contributed by atoms with Gasteiger partial charge >= 0.3 is 0 Å². The number of rotatable bonds is 7. The largest absolute Gasteiger partial charge is 0.491 e. The van der Waals surface area contributed by atoms with Crippen LogP contribution < -0.4 is 10.1 Å². The highest BCUT2D eigenvalue weighted by molar-refractivity contribution is 6.30. The third-order valence-corrected chi connectivity index (χ3v) is 2.82. The summed E-state index contributed by atoms with van der Waals surface area (Å²) in [6, 6.07) is 5.53. The Morgan fingerprint density at radius 2 is 2.11 bits per heavy atom. The Morgan fingerprint density at radius 3 is 2.72 bits per heavy atom. The van der Waals surface area contributed by atoms with Crippen LogP contribution in [0, 0.1) is 5.41 Å². The van der Waals surface area contributed by atoms with E-state index in [1.165, 1.54) is 0 Å². The van der Waals surface area contributed by atoms with E-state index in [1.807, 2.05) is 32.0 Å². The summed E-state index contributed by atoms with van der Waals surface area (Å²) in [4.78, 5) is 0. The van der Waals surface area contributed by atoms with E-state index in [4.69, 9.17) is 16.3 Å². The molecular weight excluding hydrogens is 250 g/mol. The molecule has 0 unspecified atom stereocenters. The number of hydrogen-bond acceptors (Lipinski definition) is 3. The fraction of sp³-hybridized carbons (Fsp3) is 0.571. The summed E-state index contributed by atoms with van der Waals surface area (Å²) in [5.41, 5.74) is 0.696. The molecule has 0 aliphatic carbocycles. The summed E-state index contributed by atoms with van der Waals surface area (Å²) in [7, 11) is 0. The second kappa shape index (κ2) is 6.86. The first kappa shape index (κ1) is 15.1. The molecule has 0 radical (unpaired) electrons. The molecule has 0 bridgehead atoms. The molecule has 4 heteroatoms. The number of benzene rings is 1. The van der Waals surface area contributed by atoms with E-state index < -0.39 is 0 Å². The first-order chi connectivity index (χ1) is 8.48. The summed E-state index contributed by atoms with van der Waals surface area (Å²) in [5.74, 6) is 0.801. The molecule has 3 nitrogen and oxygen atoms in total. The van der Waals surface area contributed by atoms with E-state index in [0.29, 0.717) is 18.2 Å². The van der Waals surface area contributed by atoms with Crippen LogP contribution in [0.15, 0.2) is 18.2 Å². The number of anilines is 1. The molecule has 0 heterocycles. The average molecular weight is 272 g/mol. The van der Waals surface area contributed by atoms with Gasteiger partial charge in [0.15, 0.2) is 0 Å². The van der Waals surface area contributed by atoms with Crippen molar-refractivity contribution in [3.05, 3.63) is 23.2 Å². The van der Waals surface area contributed by atoms with Crippen molar-refractivity contribution in [1.29, 1.82) is 0 Å². The van der Waals surface area contributed by atoms with Crippen molar-refractivity contribution < 1.29 is 9.84 Å². The Bertz CT molecular complexity index is 380. The van der Waals surface area contributed by atoms with Crippen molar-refractivity contribution >= 4 is 17.3 Å². The Labute approximate surface area is 114 Å². The van der Waals surface area contributed by atoms with Crippen molar-refractivity contribution in [2.45, 2.75) is 27.2 Å². The lowest BCUT2D eigenvalue weighted by Crippen LogP contribution is -2.27. The van der Waals surface area contributed by atoms with Crippen LogP contribution >= 0.6 is 11.6 Å². The van der Waals surface area contributed by atoms with Gasteiger partial charge in [0.05, 0.1) is 12.3 Å². The van der Waals surface area contributed by atoms with Gasteiger partial charge in [0, 0.05) is 23.6 Å². The van der Waals surface area contributed by atoms with Gasteiger partial charge in [0.2, 0.25) is 0 Å². The minimum atomic E-state index is -0.176. The van der Waals surface area contributed by atoms with E-state index in [2.05, 4.69) is 12.2 Å². The van der Waals surface area contributed by atoms with E-state index >= 15 is 0 Å². The molecule has 0 spiro atoms. The topological polar surface area (TPSA) is 41.5 Å². The van der Waals surface area contributed by atoms with Crippen LogP contribution in [0.4, 0.5) is 5.69 Å². The molecule has 0 amide bonds. The summed E-state index contributed by atoms with van der Waals surface area (Å²) in [6.45, 7) is 7.53. The average Bonchev–Trinajstić information content (AvgIpc) is 2.35. The van der Waals surface area contributed by atoms with Gasteiger partial charge in [-0.25, -0.2) is 0 Å². The van der Waals surface area contributed by atoms with Gasteiger partial charge < -0.3 is 15.2 Å². The molecule has 0 atom stereocenters. The number of halogens is 1. The van der Waals surface area contributed by atoms with Gasteiger partial charge in [-0.2, -0.15) is 0 Å². The molecule has 1 rings (SSSR count). The first-order valence-corrected chi connectivity index (χ1v) is 6.63. The second-order valence-corrected chi connectivity index (χ2v) is 5.60. The van der Waals surface area contributed by atoms with Crippen molar-refractivity contribution in [3.63, 3.8) is 0 Å². The molecule has 1 aromatic carbocycles. The maximum atomic E-state index is 9.24. The zero-order chi connectivity index (χ0) is 13.6. The van der Waals surface area contributed by atoms with Crippen LogP contribution in [0.2, 0.25) is 5.02 Å².